The lowest BCUT2D eigenvalue weighted by Crippen LogP contribution is -2.63. The quantitative estimate of drug-likeness (QED) is 0.00894. The summed E-state index contributed by atoms with van der Waals surface area (Å²) >= 11 is 0.690. The summed E-state index contributed by atoms with van der Waals surface area (Å²) in [4.78, 5) is 267. The highest BCUT2D eigenvalue weighted by Gasteiger charge is 2.42. The van der Waals surface area contributed by atoms with Gasteiger partial charge in [0.05, 0.1) is 23.2 Å². The Morgan fingerprint density at radius 1 is 0.473 bits per heavy atom. The average Bonchev–Trinajstić information content (AvgIpc) is 1.62. The first-order chi connectivity index (χ1) is 70.1. The minimum Gasteiger partial charge on any atom is -0.508 e. The molecule has 1 fully saturated rings. The number of carboxylic acids is 1. The van der Waals surface area contributed by atoms with E-state index in [1.54, 1.807) is 113 Å². The van der Waals surface area contributed by atoms with Crippen LogP contribution >= 0.6 is 11.8 Å². The third-order valence-electron chi connectivity index (χ3n) is 24.4. The molecule has 8 rings (SSSR count). The molecule has 1 aliphatic heterocycles. The molecular weight excluding hydrogens is 1930 g/mol. The number of phenolic OH excluding ortho intramolecular Hbond substituents is 1. The number of nitrogens with one attached hydrogen (secondary N) is 19. The number of phenols is 1. The van der Waals surface area contributed by atoms with Gasteiger partial charge in [-0.3, -0.25) is 102 Å². The number of aromatic hydroxyl groups is 1. The Bertz CT molecular complexity index is 5840. The number of aromatic nitrogens is 1. The van der Waals surface area contributed by atoms with Crippen molar-refractivity contribution in [3.05, 3.63) is 202 Å². The fourth-order valence-electron chi connectivity index (χ4n) is 16.0. The first-order valence-electron chi connectivity index (χ1n) is 48.3. The number of H-pyrrole nitrogens is 1. The van der Waals surface area contributed by atoms with Crippen molar-refractivity contribution in [2.75, 3.05) is 31.6 Å². The lowest BCUT2D eigenvalue weighted by Gasteiger charge is -2.32. The summed E-state index contributed by atoms with van der Waals surface area (Å²) in [5.41, 5.74) is 20.4. The number of primary amides is 1. The number of nitro groups is 1. The van der Waals surface area contributed by atoms with Gasteiger partial charge in [0.15, 0.2) is 11.9 Å². The molecule has 28 N–H and O–H groups in total. The predicted octanol–water partition coefficient (Wildman–Crippen LogP) is -0.412. The molecule has 46 nitrogen and oxygen atoms in total. The minimum atomic E-state index is -2.10. The monoisotopic (exact) mass is 2070 g/mol. The van der Waals surface area contributed by atoms with E-state index in [4.69, 9.17) is 28.0 Å². The number of aliphatic hydroxyl groups is 1. The summed E-state index contributed by atoms with van der Waals surface area (Å²) in [5, 5.41) is 102. The summed E-state index contributed by atoms with van der Waals surface area (Å²) in [7, 11) is 1.20. The number of benzene rings is 6. The minimum absolute atomic E-state index is 0.0168. The number of hydrogen-bond acceptors (Lipinski definition) is 24. The summed E-state index contributed by atoms with van der Waals surface area (Å²) in [6.07, 6.45) is -4.11. The molecule has 16 atom stereocenters. The Kier molecular flexibility index (Phi) is 45.1. The van der Waals surface area contributed by atoms with Gasteiger partial charge in [-0.25, -0.2) is 0 Å². The zero-order valence-electron chi connectivity index (χ0n) is 83.8. The summed E-state index contributed by atoms with van der Waals surface area (Å²) < 4.78 is 0. The van der Waals surface area contributed by atoms with Gasteiger partial charge in [0.25, 0.3) is 5.69 Å². The first-order valence-corrected chi connectivity index (χ1v) is 49.5. The van der Waals surface area contributed by atoms with Crippen LogP contribution in [0.3, 0.4) is 0 Å². The van der Waals surface area contributed by atoms with Crippen molar-refractivity contribution in [2.24, 2.45) is 35.0 Å². The van der Waals surface area contributed by atoms with Crippen LogP contribution in [0.15, 0.2) is 164 Å². The molecule has 16 amide bonds. The number of hydrogen-bond donors (Lipinski definition) is 25. The summed E-state index contributed by atoms with van der Waals surface area (Å²) in [6, 6.07) is 15.9. The number of guanidine groups is 2. The molecule has 1 aromatic heterocycles. The molecule has 0 aliphatic carbocycles. The number of aliphatic carboxylic acids is 1. The highest BCUT2D eigenvalue weighted by atomic mass is 32.2. The van der Waals surface area contributed by atoms with E-state index in [9.17, 15) is 59.0 Å². The van der Waals surface area contributed by atoms with Crippen LogP contribution in [0, 0.1) is 38.7 Å². The standard InChI is InChI=1S/C101H134N24O22S/c1-53(2)43-72-93(139)122-83(55(5)6)97(143)123-84(58(9)126)98(144)120-79(95(141)110-56(7)85(102)131)51-148-52-80(128)111-73(44-59-21-13-11-14-22-59)88(134)116-75(47-62-33-39-67(127)40-34-62)91(137)118-78(49-81(129)130)92(138)117-77(48-65-50-109-69-26-18-17-25-68(65)69)94(140)121-82(54(3)4)96(142)119-76(45-60-29-35-64(36-30-60)63-23-15-12-16-24-63)90(136)113-71(28-20-42-108-101(105)106)99(145)124(10)57(8)86(132)114-74(46-61-31-37-66(38-32-61)125(146)147)89(135)112-70(87(133)115-72)27-19-41-107-100(103)104/h11-18,21-26,29-40,50,53-58,70-79,82-84,109,126-127H,19-20,27-28,41-49,51-52H2,1-10H3,(H2,102,131)(H,110,141)(H,111,128)(H,112,135)(H,113,136)(H,114,132)(H,115,133)(H,116,134)(H,117,138)(H,118,137)(H,119,142)(H,120,144)(H,121,140)(H,122,139)(H,123,143)(H,129,130)(H4,103,104,107)(H4,105,106,108)/t56-,57-,58+,70-,71-,72-,73-,74+,75-,76-,77-,78-,79-,82-,83-,84-/m0/s1. The largest absolute Gasteiger partial charge is 0.508 e. The second-order valence-electron chi connectivity index (χ2n) is 37.3. The SMILES string of the molecule is CC(C)C[C@@H]1NC(=O)[C@H](CCCNC(=N)N)NC(=O)[C@@H](Cc2ccc([N+](=O)[O-])cc2)NC(=O)[C@H](C)N(C)C(=O)[C@H](CCCNC(=N)N)NC(=O)[C@H](Cc2ccc(-c3ccccc3)cc2)NC(=O)[C@H](C(C)C)NC(=O)[C@H](Cc2c[nH]c3ccccc23)NC(=O)[C@H](CC(=O)O)NC(=O)[C@H](Cc2ccc(O)cc2)NC(=O)[C@H](Cc2ccccc2)NC(=O)CSC[C@@H](C(=O)N[C@@H](C)C(N)=O)NC(=O)[C@H]([C@@H](C)O)NC(=O)[C@H](C(C)C)NC1=O. The zero-order chi connectivity index (χ0) is 109. The maximum absolute atomic E-state index is 15.6. The average molecular weight is 2070 g/mol. The normalized spacial score (nSPS) is 22.4. The number of carbonyl (C=O) groups excluding carboxylic acids is 16. The molecule has 7 aromatic rings. The Morgan fingerprint density at radius 2 is 0.872 bits per heavy atom. The predicted molar refractivity (Wildman–Crippen MR) is 549 cm³/mol. The second-order valence-corrected chi connectivity index (χ2v) is 38.4. The number of nitrogens with zero attached hydrogens (tertiary/aromatic N) is 2. The Labute approximate surface area is 858 Å². The third-order valence-corrected chi connectivity index (χ3v) is 25.4. The molecule has 6 aromatic carbocycles. The van der Waals surface area contributed by atoms with Crippen molar-refractivity contribution >= 4 is 141 Å². The van der Waals surface area contributed by atoms with E-state index in [0.717, 1.165) is 35.1 Å². The fourth-order valence-corrected chi connectivity index (χ4v) is 16.9. The third kappa shape index (κ3) is 36.9. The van der Waals surface area contributed by atoms with Crippen molar-refractivity contribution in [1.82, 2.24) is 95.0 Å². The van der Waals surface area contributed by atoms with Gasteiger partial charge in [-0.15, -0.1) is 11.8 Å². The van der Waals surface area contributed by atoms with Crippen LogP contribution < -0.4 is 102 Å². The zero-order valence-corrected chi connectivity index (χ0v) is 84.6. The number of thioether (sulfide) groups is 1. The van der Waals surface area contributed by atoms with Gasteiger partial charge in [-0.2, -0.15) is 0 Å². The van der Waals surface area contributed by atoms with Gasteiger partial charge in [0, 0.05) is 87.2 Å². The molecule has 148 heavy (non-hydrogen) atoms. The van der Waals surface area contributed by atoms with Gasteiger partial charge in [-0.05, 0) is 128 Å². The molecule has 0 unspecified atom stereocenters. The highest BCUT2D eigenvalue weighted by Crippen LogP contribution is 2.25. The Balaban J connectivity index is 1.25. The molecule has 796 valence electrons. The number of fused-ring (bicyclic) bond motifs is 1. The fraction of sp³-hybridized carbons (Fsp3) is 0.436. The smallest absolute Gasteiger partial charge is 0.305 e. The van der Waals surface area contributed by atoms with Crippen LogP contribution in [0.5, 0.6) is 5.75 Å². The number of nitro benzene ring substituents is 1. The molecule has 0 radical (unpaired) electrons. The number of para-hydroxylation sites is 1. The molecule has 0 saturated carbocycles. The van der Waals surface area contributed by atoms with Crippen molar-refractivity contribution in [3.63, 3.8) is 0 Å². The van der Waals surface area contributed by atoms with Crippen molar-refractivity contribution in [2.45, 2.75) is 230 Å². The Hall–Kier alpha value is -16.1. The van der Waals surface area contributed by atoms with Crippen molar-refractivity contribution in [3.8, 4) is 16.9 Å². The summed E-state index contributed by atoms with van der Waals surface area (Å²) in [5.74, 6) is -23.2. The Morgan fingerprint density at radius 3 is 1.38 bits per heavy atom. The van der Waals surface area contributed by atoms with Gasteiger partial charge in [0.1, 0.15) is 96.4 Å². The number of amides is 16. The van der Waals surface area contributed by atoms with E-state index in [1.807, 2.05) is 30.3 Å². The van der Waals surface area contributed by atoms with Crippen molar-refractivity contribution in [1.29, 1.82) is 10.8 Å². The molecule has 1 saturated heterocycles. The topological polar surface area (TPSA) is 731 Å². The van der Waals surface area contributed by atoms with E-state index in [-0.39, 0.29) is 80.6 Å². The van der Waals surface area contributed by atoms with Crippen LogP contribution in [-0.4, -0.2) is 271 Å². The molecule has 0 spiro atoms. The molecular formula is C101H134N24O22S. The van der Waals surface area contributed by atoms with Crippen LogP contribution in [0.4, 0.5) is 5.69 Å². The number of carbonyl (C=O) groups is 17. The van der Waals surface area contributed by atoms with Gasteiger partial charge >= 0.3 is 5.97 Å². The lowest BCUT2D eigenvalue weighted by molar-refractivity contribution is -0.384. The van der Waals surface area contributed by atoms with E-state index in [1.165, 1.54) is 71.1 Å². The molecule has 0 bridgehead atoms. The van der Waals surface area contributed by atoms with Gasteiger partial charge in [0.2, 0.25) is 94.5 Å². The molecule has 47 heteroatoms. The van der Waals surface area contributed by atoms with Gasteiger partial charge in [-0.1, -0.05) is 169 Å². The van der Waals surface area contributed by atoms with Crippen molar-refractivity contribution < 1.29 is 102 Å². The van der Waals surface area contributed by atoms with E-state index >= 15 is 47.9 Å². The van der Waals surface area contributed by atoms with Crippen LogP contribution in [0.2, 0.25) is 0 Å². The number of rotatable bonds is 30. The van der Waals surface area contributed by atoms with Crippen LogP contribution in [0.1, 0.15) is 129 Å². The van der Waals surface area contributed by atoms with E-state index < -0.39 is 269 Å². The lowest BCUT2D eigenvalue weighted by atomic mass is 9.98. The first kappa shape index (κ1) is 117. The van der Waals surface area contributed by atoms with E-state index in [2.05, 4.69) is 90.1 Å². The number of aromatic amines is 1. The molecule has 2 heterocycles. The maximum atomic E-state index is 15.6. The van der Waals surface area contributed by atoms with Gasteiger partial charge < -0.3 is 127 Å². The number of aliphatic hydroxyl groups excluding tert-OH is 1. The second kappa shape index (κ2) is 57.0. The molecule has 1 aliphatic rings. The number of likely N-dealkylation sites (N-methyl/N-ethyl adjacent to an activating group) is 1. The van der Waals surface area contributed by atoms with Crippen LogP contribution in [0.25, 0.3) is 22.0 Å². The number of non-ortho nitro benzene ring substituents is 1. The summed E-state index contributed by atoms with van der Waals surface area (Å²) in [6.45, 7) is 13.0. The number of carboxylic acid groups (broad SMARTS) is 1. The van der Waals surface area contributed by atoms with E-state index in [0.29, 0.717) is 39.4 Å². The number of nitrogens with two attached hydrogens (primary N) is 3. The maximum Gasteiger partial charge on any atom is 0.305 e. The van der Waals surface area contributed by atoms with Crippen LogP contribution in [-0.2, 0) is 114 Å². The highest BCUT2D eigenvalue weighted by molar-refractivity contribution is 8.00.